The number of para-hydroxylation sites is 1. The molecule has 1 fully saturated rings. The van der Waals surface area contributed by atoms with Gasteiger partial charge in [-0.15, -0.1) is 0 Å². The fourth-order valence-corrected chi connectivity index (χ4v) is 3.75. The minimum absolute atomic E-state index is 0.196. The number of nitrogens with zero attached hydrogens (tertiary/aromatic N) is 3. The molecule has 31 heavy (non-hydrogen) atoms. The van der Waals surface area contributed by atoms with Gasteiger partial charge in [0, 0.05) is 25.5 Å². The standard InChI is InChI=1S/C23H26N4O4/c1-16-6-5-11-26-14-18(25-21(16)26)23(29)27-12-13-31-20(15-27)22(28)24-10-9-17-7-3-4-8-19(17)30-2/h3-8,11,14,20H,9-10,12-13,15H2,1-2H3,(H,24,28)/t20-/m0/s1. The van der Waals surface area contributed by atoms with Gasteiger partial charge in [-0.25, -0.2) is 4.98 Å². The number of nitrogens with one attached hydrogen (secondary N) is 1. The number of rotatable bonds is 6. The lowest BCUT2D eigenvalue weighted by Crippen LogP contribution is -2.51. The lowest BCUT2D eigenvalue weighted by molar-refractivity contribution is -0.137. The average molecular weight is 422 g/mol. The second-order valence-corrected chi connectivity index (χ2v) is 7.51. The molecule has 2 aromatic heterocycles. The van der Waals surface area contributed by atoms with Crippen molar-refractivity contribution in [3.05, 3.63) is 65.6 Å². The number of hydrogen-bond donors (Lipinski definition) is 1. The quantitative estimate of drug-likeness (QED) is 0.655. The number of pyridine rings is 1. The number of fused-ring (bicyclic) bond motifs is 1. The first kappa shape index (κ1) is 20.9. The number of aromatic nitrogens is 2. The van der Waals surface area contributed by atoms with Crippen molar-refractivity contribution >= 4 is 17.5 Å². The van der Waals surface area contributed by atoms with E-state index in [4.69, 9.17) is 9.47 Å². The van der Waals surface area contributed by atoms with Crippen LogP contribution in [0.3, 0.4) is 0 Å². The lowest BCUT2D eigenvalue weighted by atomic mass is 10.1. The summed E-state index contributed by atoms with van der Waals surface area (Å²) in [5.41, 5.74) is 3.14. The van der Waals surface area contributed by atoms with Crippen LogP contribution in [0.25, 0.3) is 5.65 Å². The fourth-order valence-electron chi connectivity index (χ4n) is 3.75. The number of hydrogen-bond acceptors (Lipinski definition) is 5. The van der Waals surface area contributed by atoms with Gasteiger partial charge in [0.1, 0.15) is 17.1 Å². The molecule has 0 radical (unpaired) electrons. The molecule has 0 aliphatic carbocycles. The summed E-state index contributed by atoms with van der Waals surface area (Å²) in [6.45, 7) is 3.35. The van der Waals surface area contributed by atoms with Crippen LogP contribution >= 0.6 is 0 Å². The highest BCUT2D eigenvalue weighted by atomic mass is 16.5. The molecule has 0 saturated carbocycles. The Morgan fingerprint density at radius 2 is 2.10 bits per heavy atom. The molecule has 1 N–H and O–H groups in total. The molecule has 1 saturated heterocycles. The van der Waals surface area contributed by atoms with Crippen LogP contribution < -0.4 is 10.1 Å². The van der Waals surface area contributed by atoms with Crippen molar-refractivity contribution in [2.24, 2.45) is 0 Å². The Kier molecular flexibility index (Phi) is 6.18. The van der Waals surface area contributed by atoms with Gasteiger partial charge in [0.05, 0.1) is 20.3 Å². The summed E-state index contributed by atoms with van der Waals surface area (Å²) in [6.07, 6.45) is 3.53. The summed E-state index contributed by atoms with van der Waals surface area (Å²) < 4.78 is 12.8. The predicted octanol–water partition coefficient (Wildman–Crippen LogP) is 1.85. The van der Waals surface area contributed by atoms with E-state index in [9.17, 15) is 9.59 Å². The normalized spacial score (nSPS) is 16.3. The van der Waals surface area contributed by atoms with Crippen molar-refractivity contribution in [1.29, 1.82) is 0 Å². The molecule has 0 bridgehead atoms. The van der Waals surface area contributed by atoms with Crippen LogP contribution in [-0.4, -0.2) is 65.6 Å². The van der Waals surface area contributed by atoms with E-state index in [-0.39, 0.29) is 18.4 Å². The van der Waals surface area contributed by atoms with Crippen LogP contribution in [0.4, 0.5) is 0 Å². The van der Waals surface area contributed by atoms with Crippen molar-refractivity contribution in [3.63, 3.8) is 0 Å². The van der Waals surface area contributed by atoms with E-state index in [1.54, 1.807) is 18.2 Å². The first-order valence-corrected chi connectivity index (χ1v) is 10.3. The molecular formula is C23H26N4O4. The van der Waals surface area contributed by atoms with Gasteiger partial charge in [0.25, 0.3) is 11.8 Å². The van der Waals surface area contributed by atoms with Gasteiger partial charge in [-0.1, -0.05) is 24.3 Å². The Bertz CT molecular complexity index is 1090. The molecule has 2 amide bonds. The van der Waals surface area contributed by atoms with Crippen molar-refractivity contribution in [2.45, 2.75) is 19.4 Å². The van der Waals surface area contributed by atoms with Gasteiger partial charge in [-0.3, -0.25) is 9.59 Å². The number of carbonyl (C=O) groups excluding carboxylic acids is 2. The molecule has 162 valence electrons. The van der Waals surface area contributed by atoms with Crippen molar-refractivity contribution in [3.8, 4) is 5.75 Å². The highest BCUT2D eigenvalue weighted by Gasteiger charge is 2.30. The predicted molar refractivity (Wildman–Crippen MR) is 115 cm³/mol. The zero-order chi connectivity index (χ0) is 21.8. The SMILES string of the molecule is COc1ccccc1CCNC(=O)[C@@H]1CN(C(=O)c2cn3cccc(C)c3n2)CCO1. The summed E-state index contributed by atoms with van der Waals surface area (Å²) in [5.74, 6) is 0.376. The van der Waals surface area contributed by atoms with Gasteiger partial charge >= 0.3 is 0 Å². The Hall–Kier alpha value is -3.39. The number of methoxy groups -OCH3 is 1. The Morgan fingerprint density at radius 1 is 1.26 bits per heavy atom. The van der Waals surface area contributed by atoms with Crippen molar-refractivity contribution < 1.29 is 19.1 Å². The Morgan fingerprint density at radius 3 is 2.90 bits per heavy atom. The third-order valence-corrected chi connectivity index (χ3v) is 5.43. The van der Waals surface area contributed by atoms with Crippen molar-refractivity contribution in [1.82, 2.24) is 19.6 Å². The number of imidazole rings is 1. The van der Waals surface area contributed by atoms with Gasteiger partial charge in [0.15, 0.2) is 6.10 Å². The fraction of sp³-hybridized carbons (Fsp3) is 0.348. The van der Waals surface area contributed by atoms with Gasteiger partial charge in [0.2, 0.25) is 0 Å². The van der Waals surface area contributed by atoms with Crippen LogP contribution in [-0.2, 0) is 16.0 Å². The van der Waals surface area contributed by atoms with Crippen LogP contribution in [0.2, 0.25) is 0 Å². The summed E-state index contributed by atoms with van der Waals surface area (Å²) in [6, 6.07) is 11.6. The van der Waals surface area contributed by atoms with E-state index in [0.717, 1.165) is 22.5 Å². The maximum absolute atomic E-state index is 13.0. The van der Waals surface area contributed by atoms with Gasteiger partial charge in [-0.2, -0.15) is 0 Å². The largest absolute Gasteiger partial charge is 0.496 e. The third kappa shape index (κ3) is 4.54. The third-order valence-electron chi connectivity index (χ3n) is 5.43. The second-order valence-electron chi connectivity index (χ2n) is 7.51. The molecule has 4 rings (SSSR count). The molecule has 1 aromatic carbocycles. The van der Waals surface area contributed by atoms with Crippen LogP contribution in [0.5, 0.6) is 5.75 Å². The first-order chi connectivity index (χ1) is 15.1. The molecule has 8 heteroatoms. The number of morpholine rings is 1. The molecule has 3 aromatic rings. The molecule has 1 atom stereocenters. The van der Waals surface area contributed by atoms with Crippen LogP contribution in [0.15, 0.2) is 48.8 Å². The van der Waals surface area contributed by atoms with E-state index in [1.807, 2.05) is 53.9 Å². The van der Waals surface area contributed by atoms with Crippen LogP contribution in [0.1, 0.15) is 21.6 Å². The maximum atomic E-state index is 13.0. The van der Waals surface area contributed by atoms with E-state index in [0.29, 0.717) is 31.8 Å². The van der Waals surface area contributed by atoms with Gasteiger partial charge in [-0.05, 0) is 36.6 Å². The Labute approximate surface area is 180 Å². The molecule has 8 nitrogen and oxygen atoms in total. The van der Waals surface area contributed by atoms with Crippen molar-refractivity contribution in [2.75, 3.05) is 33.4 Å². The molecule has 3 heterocycles. The molecule has 0 unspecified atom stereocenters. The summed E-state index contributed by atoms with van der Waals surface area (Å²) in [5, 5.41) is 2.90. The number of carbonyl (C=O) groups is 2. The van der Waals surface area contributed by atoms with Gasteiger partial charge < -0.3 is 24.1 Å². The number of amides is 2. The highest BCUT2D eigenvalue weighted by Crippen LogP contribution is 2.17. The monoisotopic (exact) mass is 422 g/mol. The highest BCUT2D eigenvalue weighted by molar-refractivity contribution is 5.93. The van der Waals surface area contributed by atoms with E-state index < -0.39 is 6.10 Å². The lowest BCUT2D eigenvalue weighted by Gasteiger charge is -2.31. The number of benzene rings is 1. The molecule has 1 aliphatic rings. The molecule has 1 aliphatic heterocycles. The van der Waals surface area contributed by atoms with E-state index in [1.165, 1.54) is 0 Å². The zero-order valence-corrected chi connectivity index (χ0v) is 17.7. The molecule has 0 spiro atoms. The van der Waals surface area contributed by atoms with E-state index >= 15 is 0 Å². The second kappa shape index (κ2) is 9.18. The van der Waals surface area contributed by atoms with E-state index in [2.05, 4.69) is 10.3 Å². The summed E-state index contributed by atoms with van der Waals surface area (Å²) in [7, 11) is 1.63. The summed E-state index contributed by atoms with van der Waals surface area (Å²) >= 11 is 0. The number of ether oxygens (including phenoxy) is 2. The minimum Gasteiger partial charge on any atom is -0.496 e. The number of aryl methyl sites for hydroxylation is 1. The topological polar surface area (TPSA) is 85.2 Å². The molecular weight excluding hydrogens is 396 g/mol. The summed E-state index contributed by atoms with van der Waals surface area (Å²) in [4.78, 5) is 31.7. The smallest absolute Gasteiger partial charge is 0.274 e. The van der Waals surface area contributed by atoms with Crippen LogP contribution in [0, 0.1) is 6.92 Å². The maximum Gasteiger partial charge on any atom is 0.274 e. The first-order valence-electron chi connectivity index (χ1n) is 10.3. The average Bonchev–Trinajstić information content (AvgIpc) is 3.25. The minimum atomic E-state index is -0.700. The Balaban J connectivity index is 1.35. The zero-order valence-electron chi connectivity index (χ0n) is 17.7.